The van der Waals surface area contributed by atoms with Gasteiger partial charge in [0.2, 0.25) is 0 Å². The lowest BCUT2D eigenvalue weighted by atomic mass is 9.87. The fraction of sp³-hybridized carbons (Fsp3) is 0.600. The highest BCUT2D eigenvalue weighted by Crippen LogP contribution is 2.32. The van der Waals surface area contributed by atoms with E-state index in [-0.39, 0.29) is 0 Å². The molecule has 18 heavy (non-hydrogen) atoms. The van der Waals surface area contributed by atoms with Crippen LogP contribution in [0.1, 0.15) is 36.4 Å². The Morgan fingerprint density at radius 2 is 2.28 bits per heavy atom. The zero-order chi connectivity index (χ0) is 12.4. The van der Waals surface area contributed by atoms with Gasteiger partial charge in [0.1, 0.15) is 5.75 Å². The van der Waals surface area contributed by atoms with Crippen molar-refractivity contribution in [1.29, 1.82) is 0 Å². The van der Waals surface area contributed by atoms with Crippen molar-refractivity contribution >= 4 is 11.8 Å². The molecular weight excluding hydrogens is 242 g/mol. The summed E-state index contributed by atoms with van der Waals surface area (Å²) in [5.74, 6) is 3.89. The predicted octanol–water partition coefficient (Wildman–Crippen LogP) is 3.11. The number of thioether (sulfide) groups is 1. The van der Waals surface area contributed by atoms with Gasteiger partial charge in [0.15, 0.2) is 0 Å². The maximum absolute atomic E-state index is 9.65. The highest BCUT2D eigenvalue weighted by Gasteiger charge is 2.22. The van der Waals surface area contributed by atoms with Gasteiger partial charge in [-0.05, 0) is 72.9 Å². The second-order valence-electron chi connectivity index (χ2n) is 5.47. The summed E-state index contributed by atoms with van der Waals surface area (Å²) in [6.45, 7) is 1.13. The Labute approximate surface area is 113 Å². The topological polar surface area (TPSA) is 32.3 Å². The Kier molecular flexibility index (Phi) is 3.80. The molecule has 2 atom stereocenters. The SMILES string of the molecule is Oc1ccc2c(c1)C(NCC1CCSC1)CCC2. The molecule has 2 nitrogen and oxygen atoms in total. The second-order valence-corrected chi connectivity index (χ2v) is 6.62. The van der Waals surface area contributed by atoms with Gasteiger partial charge in [-0.2, -0.15) is 11.8 Å². The van der Waals surface area contributed by atoms with Crippen molar-refractivity contribution in [2.75, 3.05) is 18.1 Å². The van der Waals surface area contributed by atoms with Crippen molar-refractivity contribution in [3.8, 4) is 5.75 Å². The summed E-state index contributed by atoms with van der Waals surface area (Å²) in [4.78, 5) is 0. The van der Waals surface area contributed by atoms with E-state index in [9.17, 15) is 5.11 Å². The van der Waals surface area contributed by atoms with Crippen molar-refractivity contribution < 1.29 is 5.11 Å². The molecule has 98 valence electrons. The molecule has 2 aliphatic rings. The van der Waals surface area contributed by atoms with Gasteiger partial charge in [-0.15, -0.1) is 0 Å². The highest BCUT2D eigenvalue weighted by molar-refractivity contribution is 7.99. The summed E-state index contributed by atoms with van der Waals surface area (Å²) in [6.07, 6.45) is 4.98. The minimum Gasteiger partial charge on any atom is -0.508 e. The maximum atomic E-state index is 9.65. The Bertz CT molecular complexity index is 415. The number of aromatic hydroxyl groups is 1. The molecule has 0 aromatic heterocycles. The molecular formula is C15H21NOS. The molecule has 0 spiro atoms. The summed E-state index contributed by atoms with van der Waals surface area (Å²) in [6, 6.07) is 6.31. The van der Waals surface area contributed by atoms with Crippen molar-refractivity contribution in [3.05, 3.63) is 29.3 Å². The van der Waals surface area contributed by atoms with Crippen LogP contribution in [0.15, 0.2) is 18.2 Å². The molecule has 1 heterocycles. The number of fused-ring (bicyclic) bond motifs is 1. The van der Waals surface area contributed by atoms with Crippen LogP contribution in [0.4, 0.5) is 0 Å². The number of hydrogen-bond donors (Lipinski definition) is 2. The van der Waals surface area contributed by atoms with E-state index in [0.29, 0.717) is 11.8 Å². The molecule has 1 aliphatic carbocycles. The summed E-state index contributed by atoms with van der Waals surface area (Å²) in [7, 11) is 0. The quantitative estimate of drug-likeness (QED) is 0.879. The van der Waals surface area contributed by atoms with Crippen molar-refractivity contribution in [2.45, 2.75) is 31.7 Å². The van der Waals surface area contributed by atoms with Gasteiger partial charge in [0.05, 0.1) is 0 Å². The lowest BCUT2D eigenvalue weighted by Gasteiger charge is -2.27. The molecule has 2 unspecified atom stereocenters. The van der Waals surface area contributed by atoms with Gasteiger partial charge in [-0.3, -0.25) is 0 Å². The number of hydrogen-bond acceptors (Lipinski definition) is 3. The normalized spacial score (nSPS) is 27.1. The first-order valence-electron chi connectivity index (χ1n) is 6.96. The minimum atomic E-state index is 0.402. The minimum absolute atomic E-state index is 0.402. The van der Waals surface area contributed by atoms with Gasteiger partial charge in [-0.1, -0.05) is 6.07 Å². The molecule has 1 fully saturated rings. The largest absolute Gasteiger partial charge is 0.508 e. The lowest BCUT2D eigenvalue weighted by molar-refractivity contribution is 0.413. The van der Waals surface area contributed by atoms with E-state index in [1.807, 2.05) is 12.1 Å². The molecule has 0 amide bonds. The Morgan fingerprint density at radius 3 is 3.11 bits per heavy atom. The van der Waals surface area contributed by atoms with Gasteiger partial charge < -0.3 is 10.4 Å². The van der Waals surface area contributed by atoms with Gasteiger partial charge in [0, 0.05) is 6.04 Å². The smallest absolute Gasteiger partial charge is 0.115 e. The molecule has 2 N–H and O–H groups in total. The third-order valence-corrected chi connectivity index (χ3v) is 5.35. The number of rotatable bonds is 3. The number of nitrogens with one attached hydrogen (secondary N) is 1. The zero-order valence-corrected chi connectivity index (χ0v) is 11.5. The van der Waals surface area contributed by atoms with E-state index in [1.165, 1.54) is 41.9 Å². The first-order chi connectivity index (χ1) is 8.83. The molecule has 3 rings (SSSR count). The van der Waals surface area contributed by atoms with E-state index in [1.54, 1.807) is 0 Å². The van der Waals surface area contributed by atoms with Crippen LogP contribution in [0, 0.1) is 5.92 Å². The second kappa shape index (κ2) is 5.54. The molecule has 0 radical (unpaired) electrons. The van der Waals surface area contributed by atoms with Crippen LogP contribution < -0.4 is 5.32 Å². The van der Waals surface area contributed by atoms with Crippen LogP contribution in [-0.4, -0.2) is 23.2 Å². The van der Waals surface area contributed by atoms with E-state index in [4.69, 9.17) is 0 Å². The number of benzene rings is 1. The van der Waals surface area contributed by atoms with Crippen LogP contribution in [-0.2, 0) is 6.42 Å². The van der Waals surface area contributed by atoms with Gasteiger partial charge >= 0.3 is 0 Å². The van der Waals surface area contributed by atoms with E-state index in [2.05, 4.69) is 23.1 Å². The molecule has 1 aromatic rings. The highest BCUT2D eigenvalue weighted by atomic mass is 32.2. The van der Waals surface area contributed by atoms with Crippen LogP contribution in [0.3, 0.4) is 0 Å². The molecule has 1 aromatic carbocycles. The first-order valence-corrected chi connectivity index (χ1v) is 8.11. The standard InChI is InChI=1S/C15H21NOS/c17-13-5-4-12-2-1-3-15(14(12)8-13)16-9-11-6-7-18-10-11/h4-5,8,11,15-17H,1-3,6-7,9-10H2. The van der Waals surface area contributed by atoms with E-state index < -0.39 is 0 Å². The fourth-order valence-electron chi connectivity index (χ4n) is 3.05. The van der Waals surface area contributed by atoms with Gasteiger partial charge in [-0.25, -0.2) is 0 Å². The van der Waals surface area contributed by atoms with Crippen LogP contribution in [0.2, 0.25) is 0 Å². The third-order valence-electron chi connectivity index (χ3n) is 4.12. The van der Waals surface area contributed by atoms with Crippen LogP contribution >= 0.6 is 11.8 Å². The van der Waals surface area contributed by atoms with Crippen molar-refractivity contribution in [2.24, 2.45) is 5.92 Å². The van der Waals surface area contributed by atoms with Gasteiger partial charge in [0.25, 0.3) is 0 Å². The molecule has 0 bridgehead atoms. The van der Waals surface area contributed by atoms with E-state index >= 15 is 0 Å². The van der Waals surface area contributed by atoms with Crippen LogP contribution in [0.25, 0.3) is 0 Å². The molecule has 0 saturated carbocycles. The van der Waals surface area contributed by atoms with Crippen LogP contribution in [0.5, 0.6) is 5.75 Å². The zero-order valence-electron chi connectivity index (χ0n) is 10.7. The molecule has 3 heteroatoms. The first kappa shape index (κ1) is 12.4. The summed E-state index contributed by atoms with van der Waals surface area (Å²) < 4.78 is 0. The number of aryl methyl sites for hydroxylation is 1. The Hall–Kier alpha value is -0.670. The third kappa shape index (κ3) is 2.67. The number of phenols is 1. The average Bonchev–Trinajstić information content (AvgIpc) is 2.89. The Morgan fingerprint density at radius 1 is 1.33 bits per heavy atom. The molecule has 1 saturated heterocycles. The molecule has 1 aliphatic heterocycles. The van der Waals surface area contributed by atoms with Crippen molar-refractivity contribution in [1.82, 2.24) is 5.32 Å². The summed E-state index contributed by atoms with van der Waals surface area (Å²) in [5, 5.41) is 13.4. The fourth-order valence-corrected chi connectivity index (χ4v) is 4.34. The Balaban J connectivity index is 1.68. The van der Waals surface area contributed by atoms with Crippen molar-refractivity contribution in [3.63, 3.8) is 0 Å². The predicted molar refractivity (Wildman–Crippen MR) is 77.2 cm³/mol. The summed E-state index contributed by atoms with van der Waals surface area (Å²) in [5.41, 5.74) is 2.74. The number of phenolic OH excluding ortho intramolecular Hbond substituents is 1. The maximum Gasteiger partial charge on any atom is 0.115 e. The average molecular weight is 263 g/mol. The lowest BCUT2D eigenvalue weighted by Crippen LogP contribution is -2.29. The van der Waals surface area contributed by atoms with E-state index in [0.717, 1.165) is 18.9 Å². The summed E-state index contributed by atoms with van der Waals surface area (Å²) >= 11 is 2.08. The monoisotopic (exact) mass is 263 g/mol.